The predicted molar refractivity (Wildman–Crippen MR) is 58.9 cm³/mol. The van der Waals surface area contributed by atoms with Crippen molar-refractivity contribution in [3.63, 3.8) is 0 Å². The quantitative estimate of drug-likeness (QED) is 0.668. The summed E-state index contributed by atoms with van der Waals surface area (Å²) in [6.07, 6.45) is -1.80. The van der Waals surface area contributed by atoms with Crippen LogP contribution in [0.2, 0.25) is 0 Å². The maximum absolute atomic E-state index is 12.6. The number of nitrogens with zero attached hydrogens (tertiary/aromatic N) is 1. The summed E-state index contributed by atoms with van der Waals surface area (Å²) in [5.74, 6) is -0.540. The van der Waals surface area contributed by atoms with E-state index >= 15 is 0 Å². The van der Waals surface area contributed by atoms with Crippen LogP contribution in [0.25, 0.3) is 0 Å². The highest BCUT2D eigenvalue weighted by Crippen LogP contribution is 2.28. The van der Waals surface area contributed by atoms with Crippen molar-refractivity contribution >= 4 is 23.3 Å². The summed E-state index contributed by atoms with van der Waals surface area (Å²) in [6, 6.07) is 0. The van der Waals surface area contributed by atoms with Gasteiger partial charge in [0.2, 0.25) is 0 Å². The Morgan fingerprint density at radius 2 is 2.29 bits per heavy atom. The van der Waals surface area contributed by atoms with Crippen LogP contribution in [0.3, 0.4) is 0 Å². The van der Waals surface area contributed by atoms with Crippen molar-refractivity contribution in [2.75, 3.05) is 12.8 Å². The molecule has 1 rings (SSSR count). The smallest absolute Gasteiger partial charge is 0.310 e. The number of aromatic nitrogens is 1. The summed E-state index contributed by atoms with van der Waals surface area (Å²) < 4.78 is 29.6. The van der Waals surface area contributed by atoms with Gasteiger partial charge in [-0.05, 0) is 11.1 Å². The number of hydrogen-bond donors (Lipinski definition) is 1. The van der Waals surface area contributed by atoms with Gasteiger partial charge in [-0.1, -0.05) is 0 Å². The second-order valence-corrected chi connectivity index (χ2v) is 3.52. The Hall–Kier alpha value is -1.43. The molecule has 0 atom stereocenters. The SMILES string of the molecule is COC(=O)Cc1c(CCl)cnc(C(F)F)c1N. The van der Waals surface area contributed by atoms with E-state index in [1.807, 2.05) is 0 Å². The summed E-state index contributed by atoms with van der Waals surface area (Å²) in [5, 5.41) is 0. The number of halogens is 3. The standard InChI is InChI=1S/C10H11ClF2N2O2/c1-17-7(16)2-6-5(3-11)4-15-9(8(6)14)10(12)13/h4,10H,2-3,14H2,1H3. The topological polar surface area (TPSA) is 65.2 Å². The number of ether oxygens (including phenoxy) is 1. The van der Waals surface area contributed by atoms with E-state index in [-0.39, 0.29) is 23.6 Å². The summed E-state index contributed by atoms with van der Waals surface area (Å²) in [6.45, 7) is 0. The van der Waals surface area contributed by atoms with Gasteiger partial charge < -0.3 is 10.5 Å². The molecule has 0 aliphatic rings. The van der Waals surface area contributed by atoms with Crippen LogP contribution in [-0.2, 0) is 21.8 Å². The number of nitrogens with two attached hydrogens (primary N) is 1. The number of carbonyl (C=O) groups excluding carboxylic acids is 1. The molecule has 94 valence electrons. The normalized spacial score (nSPS) is 10.6. The molecule has 17 heavy (non-hydrogen) atoms. The first-order valence-corrected chi connectivity index (χ1v) is 5.21. The first-order chi connectivity index (χ1) is 8.01. The maximum atomic E-state index is 12.6. The highest BCUT2D eigenvalue weighted by Gasteiger charge is 2.20. The molecule has 1 aromatic heterocycles. The van der Waals surface area contributed by atoms with Crippen LogP contribution in [0.5, 0.6) is 0 Å². The zero-order valence-corrected chi connectivity index (χ0v) is 9.80. The van der Waals surface area contributed by atoms with E-state index in [9.17, 15) is 13.6 Å². The van der Waals surface area contributed by atoms with Crippen molar-refractivity contribution in [3.05, 3.63) is 23.0 Å². The average molecular weight is 265 g/mol. The van der Waals surface area contributed by atoms with Crippen molar-refractivity contribution in [1.82, 2.24) is 4.98 Å². The first-order valence-electron chi connectivity index (χ1n) is 4.68. The molecule has 0 unspecified atom stereocenters. The van der Waals surface area contributed by atoms with Gasteiger partial charge in [0.05, 0.1) is 19.2 Å². The monoisotopic (exact) mass is 264 g/mol. The van der Waals surface area contributed by atoms with Crippen LogP contribution in [0.1, 0.15) is 23.2 Å². The van der Waals surface area contributed by atoms with E-state index in [1.165, 1.54) is 13.3 Å². The molecule has 0 saturated heterocycles. The van der Waals surface area contributed by atoms with Gasteiger partial charge in [-0.2, -0.15) is 0 Å². The molecule has 0 aromatic carbocycles. The van der Waals surface area contributed by atoms with Gasteiger partial charge in [-0.25, -0.2) is 8.78 Å². The first kappa shape index (κ1) is 13.6. The van der Waals surface area contributed by atoms with Crippen molar-refractivity contribution in [2.45, 2.75) is 18.7 Å². The highest BCUT2D eigenvalue weighted by molar-refractivity contribution is 6.17. The number of carbonyl (C=O) groups is 1. The summed E-state index contributed by atoms with van der Waals surface area (Å²) in [7, 11) is 1.20. The van der Waals surface area contributed by atoms with E-state index in [1.54, 1.807) is 0 Å². The third-order valence-electron chi connectivity index (χ3n) is 2.25. The molecule has 0 amide bonds. The van der Waals surface area contributed by atoms with Crippen LogP contribution in [0, 0.1) is 0 Å². The molecule has 0 fully saturated rings. The zero-order valence-electron chi connectivity index (χ0n) is 9.04. The largest absolute Gasteiger partial charge is 0.469 e. The number of methoxy groups -OCH3 is 1. The number of pyridine rings is 1. The number of anilines is 1. The van der Waals surface area contributed by atoms with Crippen molar-refractivity contribution in [1.29, 1.82) is 0 Å². The minimum atomic E-state index is -2.80. The fourth-order valence-corrected chi connectivity index (χ4v) is 1.57. The Kier molecular flexibility index (Phi) is 4.62. The lowest BCUT2D eigenvalue weighted by molar-refractivity contribution is -0.139. The minimum Gasteiger partial charge on any atom is -0.469 e. The molecule has 7 heteroatoms. The second-order valence-electron chi connectivity index (χ2n) is 3.25. The van der Waals surface area contributed by atoms with E-state index < -0.39 is 18.1 Å². The third kappa shape index (κ3) is 3.03. The lowest BCUT2D eigenvalue weighted by Gasteiger charge is -2.12. The third-order valence-corrected chi connectivity index (χ3v) is 2.54. The van der Waals surface area contributed by atoms with Gasteiger partial charge in [-0.3, -0.25) is 9.78 Å². The number of hydrogen-bond acceptors (Lipinski definition) is 4. The number of alkyl halides is 3. The second kappa shape index (κ2) is 5.77. The molecular weight excluding hydrogens is 254 g/mol. The fraction of sp³-hybridized carbons (Fsp3) is 0.400. The van der Waals surface area contributed by atoms with Crippen LogP contribution in [0.4, 0.5) is 14.5 Å². The molecule has 1 aromatic rings. The summed E-state index contributed by atoms with van der Waals surface area (Å²) in [4.78, 5) is 14.7. The van der Waals surface area contributed by atoms with E-state index in [2.05, 4.69) is 9.72 Å². The van der Waals surface area contributed by atoms with Gasteiger partial charge in [0.1, 0.15) is 5.69 Å². The number of esters is 1. The van der Waals surface area contributed by atoms with Crippen molar-refractivity contribution in [2.24, 2.45) is 0 Å². The lowest BCUT2D eigenvalue weighted by atomic mass is 10.0. The number of rotatable bonds is 4. The number of nitrogen functional groups attached to an aromatic ring is 1. The fourth-order valence-electron chi connectivity index (χ4n) is 1.34. The van der Waals surface area contributed by atoms with Gasteiger partial charge >= 0.3 is 5.97 Å². The molecule has 2 N–H and O–H groups in total. The Labute approximate surface area is 102 Å². The predicted octanol–water partition coefficient (Wildman–Crippen LogP) is 2.06. The molecular formula is C10H11ClF2N2O2. The molecule has 0 radical (unpaired) electrons. The molecule has 0 aliphatic carbocycles. The van der Waals surface area contributed by atoms with E-state index in [0.717, 1.165) is 0 Å². The Morgan fingerprint density at radius 3 is 2.76 bits per heavy atom. The van der Waals surface area contributed by atoms with Crippen molar-refractivity contribution < 1.29 is 18.3 Å². The molecule has 1 heterocycles. The summed E-state index contributed by atoms with van der Waals surface area (Å²) in [5.41, 5.74) is 5.50. The van der Waals surface area contributed by atoms with E-state index in [0.29, 0.717) is 5.56 Å². The highest BCUT2D eigenvalue weighted by atomic mass is 35.5. The average Bonchev–Trinajstić information content (AvgIpc) is 2.30. The molecule has 0 spiro atoms. The summed E-state index contributed by atoms with van der Waals surface area (Å²) >= 11 is 5.63. The zero-order chi connectivity index (χ0) is 13.0. The molecule has 4 nitrogen and oxygen atoms in total. The van der Waals surface area contributed by atoms with Gasteiger partial charge in [-0.15, -0.1) is 11.6 Å². The van der Waals surface area contributed by atoms with Crippen LogP contribution >= 0.6 is 11.6 Å². The molecule has 0 saturated carbocycles. The molecule has 0 aliphatic heterocycles. The van der Waals surface area contributed by atoms with Gasteiger partial charge in [0, 0.05) is 12.1 Å². The van der Waals surface area contributed by atoms with Crippen LogP contribution in [0.15, 0.2) is 6.20 Å². The van der Waals surface area contributed by atoms with Gasteiger partial charge in [0.15, 0.2) is 0 Å². The Balaban J connectivity index is 3.22. The van der Waals surface area contributed by atoms with Crippen molar-refractivity contribution in [3.8, 4) is 0 Å². The minimum absolute atomic E-state index is 0.0348. The van der Waals surface area contributed by atoms with E-state index in [4.69, 9.17) is 17.3 Å². The van der Waals surface area contributed by atoms with Gasteiger partial charge in [0.25, 0.3) is 6.43 Å². The Morgan fingerprint density at radius 1 is 1.65 bits per heavy atom. The lowest BCUT2D eigenvalue weighted by Crippen LogP contribution is -2.12. The molecule has 0 bridgehead atoms. The Bertz CT molecular complexity index is 427. The maximum Gasteiger partial charge on any atom is 0.310 e. The van der Waals surface area contributed by atoms with Crippen LogP contribution < -0.4 is 5.73 Å². The van der Waals surface area contributed by atoms with Crippen LogP contribution in [-0.4, -0.2) is 18.1 Å².